The van der Waals surface area contributed by atoms with Gasteiger partial charge in [-0.25, -0.2) is 0 Å². The number of hydrogen-bond donors (Lipinski definition) is 0. The minimum atomic E-state index is -0.188. The molecule has 3 heterocycles. The summed E-state index contributed by atoms with van der Waals surface area (Å²) >= 11 is 0. The number of likely N-dealkylation sites (N-methyl/N-ethyl adjacent to an activating group) is 1. The van der Waals surface area contributed by atoms with E-state index in [1.165, 1.54) is 0 Å². The van der Waals surface area contributed by atoms with Crippen LogP contribution in [0.2, 0.25) is 0 Å². The van der Waals surface area contributed by atoms with Gasteiger partial charge in [0, 0.05) is 43.6 Å². The molecule has 1 fully saturated rings. The zero-order valence-corrected chi connectivity index (χ0v) is 17.1. The fourth-order valence-electron chi connectivity index (χ4n) is 3.72. The van der Waals surface area contributed by atoms with Gasteiger partial charge in [0.1, 0.15) is 0 Å². The molecule has 8 heteroatoms. The molecule has 0 saturated carbocycles. The molecule has 0 radical (unpaired) electrons. The predicted molar refractivity (Wildman–Crippen MR) is 103 cm³/mol. The van der Waals surface area contributed by atoms with Crippen LogP contribution in [0.15, 0.2) is 18.5 Å². The molecule has 27 heavy (non-hydrogen) atoms. The molecule has 1 aliphatic heterocycles. The summed E-state index contributed by atoms with van der Waals surface area (Å²) in [6, 6.07) is 1.90. The third kappa shape index (κ3) is 4.06. The molecule has 2 aromatic heterocycles. The Morgan fingerprint density at radius 1 is 1.41 bits per heavy atom. The first-order valence-electron chi connectivity index (χ1n) is 9.40. The number of carbonyl (C=O) groups excluding carboxylic acids is 1. The summed E-state index contributed by atoms with van der Waals surface area (Å²) in [7, 11) is 5.91. The van der Waals surface area contributed by atoms with Crippen LogP contribution in [0.5, 0.6) is 0 Å². The molecular formula is C19H30N6O2. The van der Waals surface area contributed by atoms with Crippen LogP contribution in [0.25, 0.3) is 0 Å². The molecule has 0 unspecified atom stereocenters. The number of nitrogens with zero attached hydrogens (tertiary/aromatic N) is 6. The van der Waals surface area contributed by atoms with E-state index in [4.69, 9.17) is 4.74 Å². The van der Waals surface area contributed by atoms with E-state index in [0.29, 0.717) is 18.8 Å². The van der Waals surface area contributed by atoms with Crippen molar-refractivity contribution < 1.29 is 9.53 Å². The Kier molecular flexibility index (Phi) is 5.67. The van der Waals surface area contributed by atoms with Crippen LogP contribution in [-0.4, -0.2) is 75.2 Å². The number of morpholine rings is 1. The van der Waals surface area contributed by atoms with Gasteiger partial charge in [-0.3, -0.25) is 14.2 Å². The average molecular weight is 374 g/mol. The van der Waals surface area contributed by atoms with Crippen LogP contribution >= 0.6 is 0 Å². The molecule has 1 amide bonds. The molecule has 148 valence electrons. The second-order valence-corrected chi connectivity index (χ2v) is 7.77. The summed E-state index contributed by atoms with van der Waals surface area (Å²) in [4.78, 5) is 17.3. The Morgan fingerprint density at radius 3 is 2.70 bits per heavy atom. The van der Waals surface area contributed by atoms with Crippen molar-refractivity contribution in [3.05, 3.63) is 35.4 Å². The monoisotopic (exact) mass is 374 g/mol. The first-order valence-corrected chi connectivity index (χ1v) is 9.40. The third-order valence-corrected chi connectivity index (χ3v) is 4.86. The maximum absolute atomic E-state index is 13.4. The molecule has 0 bridgehead atoms. The van der Waals surface area contributed by atoms with Crippen molar-refractivity contribution in [2.24, 2.45) is 7.05 Å². The SMILES string of the molecule is Cc1cc(C(=O)N2CCO[C@@H](CN(C)C)[C@@H]2c2cnn(C)c2)nn1C(C)C. The molecule has 0 aromatic carbocycles. The highest BCUT2D eigenvalue weighted by molar-refractivity contribution is 5.92. The lowest BCUT2D eigenvalue weighted by molar-refractivity contribution is -0.0686. The fourth-order valence-corrected chi connectivity index (χ4v) is 3.72. The van der Waals surface area contributed by atoms with Crippen molar-refractivity contribution in [1.82, 2.24) is 29.4 Å². The van der Waals surface area contributed by atoms with Gasteiger partial charge < -0.3 is 14.5 Å². The number of aromatic nitrogens is 4. The number of ether oxygens (including phenoxy) is 1. The summed E-state index contributed by atoms with van der Waals surface area (Å²) in [5.74, 6) is -0.0570. The molecule has 0 spiro atoms. The van der Waals surface area contributed by atoms with Crippen LogP contribution in [0.3, 0.4) is 0 Å². The lowest BCUT2D eigenvalue weighted by Crippen LogP contribution is -2.51. The van der Waals surface area contributed by atoms with Crippen LogP contribution in [0.1, 0.15) is 47.7 Å². The van der Waals surface area contributed by atoms with E-state index in [2.05, 4.69) is 28.9 Å². The standard InChI is InChI=1S/C19H30N6O2/c1-13(2)25-14(3)9-16(21-25)19(26)24-7-8-27-17(12-22(4)5)18(24)15-10-20-23(6)11-15/h9-11,13,17-18H,7-8,12H2,1-6H3/t17-,18-/m0/s1. The van der Waals surface area contributed by atoms with Gasteiger partial charge >= 0.3 is 0 Å². The number of aryl methyl sites for hydroxylation is 2. The number of amides is 1. The maximum Gasteiger partial charge on any atom is 0.275 e. The lowest BCUT2D eigenvalue weighted by Gasteiger charge is -2.41. The number of carbonyl (C=O) groups is 1. The van der Waals surface area contributed by atoms with Crippen molar-refractivity contribution >= 4 is 5.91 Å². The zero-order chi connectivity index (χ0) is 19.7. The van der Waals surface area contributed by atoms with E-state index in [9.17, 15) is 4.79 Å². The minimum absolute atomic E-state index is 0.0570. The molecule has 3 rings (SSSR count). The Morgan fingerprint density at radius 2 is 2.15 bits per heavy atom. The molecule has 1 aliphatic rings. The zero-order valence-electron chi connectivity index (χ0n) is 17.1. The Labute approximate surface area is 160 Å². The second-order valence-electron chi connectivity index (χ2n) is 7.77. The molecule has 0 aliphatic carbocycles. The van der Waals surface area contributed by atoms with Gasteiger partial charge in [0.2, 0.25) is 0 Å². The fraction of sp³-hybridized carbons (Fsp3) is 0.632. The number of hydrogen-bond acceptors (Lipinski definition) is 5. The first kappa shape index (κ1) is 19.6. The second kappa shape index (κ2) is 7.82. The maximum atomic E-state index is 13.4. The predicted octanol–water partition coefficient (Wildman–Crippen LogP) is 1.65. The van der Waals surface area contributed by atoms with Crippen LogP contribution in [0, 0.1) is 6.92 Å². The van der Waals surface area contributed by atoms with Crippen molar-refractivity contribution in [2.75, 3.05) is 33.8 Å². The molecular weight excluding hydrogens is 344 g/mol. The third-order valence-electron chi connectivity index (χ3n) is 4.86. The van der Waals surface area contributed by atoms with Crippen molar-refractivity contribution in [2.45, 2.75) is 39.0 Å². The Balaban J connectivity index is 1.95. The molecule has 2 aromatic rings. The molecule has 2 atom stereocenters. The van der Waals surface area contributed by atoms with Crippen LogP contribution in [0.4, 0.5) is 0 Å². The van der Waals surface area contributed by atoms with E-state index in [-0.39, 0.29) is 24.1 Å². The van der Waals surface area contributed by atoms with Gasteiger partial charge in [-0.05, 0) is 40.9 Å². The summed E-state index contributed by atoms with van der Waals surface area (Å²) in [6.45, 7) is 7.89. The van der Waals surface area contributed by atoms with Crippen LogP contribution in [-0.2, 0) is 11.8 Å². The van der Waals surface area contributed by atoms with E-state index < -0.39 is 0 Å². The van der Waals surface area contributed by atoms with E-state index in [0.717, 1.165) is 17.8 Å². The summed E-state index contributed by atoms with van der Waals surface area (Å²) < 4.78 is 9.70. The quantitative estimate of drug-likeness (QED) is 0.796. The van der Waals surface area contributed by atoms with Crippen LogP contribution < -0.4 is 0 Å². The minimum Gasteiger partial charge on any atom is -0.373 e. The molecule has 1 saturated heterocycles. The summed E-state index contributed by atoms with van der Waals surface area (Å²) in [6.07, 6.45) is 3.66. The summed E-state index contributed by atoms with van der Waals surface area (Å²) in [5.41, 5.74) is 2.46. The van der Waals surface area contributed by atoms with Gasteiger partial charge in [0.05, 0.1) is 24.9 Å². The Bertz CT molecular complexity index is 794. The van der Waals surface area contributed by atoms with Gasteiger partial charge in [-0.2, -0.15) is 10.2 Å². The van der Waals surface area contributed by atoms with Gasteiger partial charge in [-0.15, -0.1) is 0 Å². The van der Waals surface area contributed by atoms with Crippen molar-refractivity contribution in [3.63, 3.8) is 0 Å². The first-order chi connectivity index (χ1) is 12.8. The smallest absolute Gasteiger partial charge is 0.275 e. The normalized spacial score (nSPS) is 20.7. The number of rotatable bonds is 5. The average Bonchev–Trinajstić information content (AvgIpc) is 3.19. The Hall–Kier alpha value is -2.19. The van der Waals surface area contributed by atoms with E-state index in [1.807, 2.05) is 56.1 Å². The van der Waals surface area contributed by atoms with Gasteiger partial charge in [0.15, 0.2) is 5.69 Å². The van der Waals surface area contributed by atoms with E-state index >= 15 is 0 Å². The highest BCUT2D eigenvalue weighted by atomic mass is 16.5. The van der Waals surface area contributed by atoms with Gasteiger partial charge in [0.25, 0.3) is 5.91 Å². The molecule has 0 N–H and O–H groups in total. The van der Waals surface area contributed by atoms with E-state index in [1.54, 1.807) is 4.68 Å². The lowest BCUT2D eigenvalue weighted by atomic mass is 10.00. The van der Waals surface area contributed by atoms with Gasteiger partial charge in [-0.1, -0.05) is 0 Å². The molecule has 8 nitrogen and oxygen atoms in total. The van der Waals surface area contributed by atoms with Crippen molar-refractivity contribution in [1.29, 1.82) is 0 Å². The van der Waals surface area contributed by atoms with Crippen molar-refractivity contribution in [3.8, 4) is 0 Å². The largest absolute Gasteiger partial charge is 0.373 e. The topological polar surface area (TPSA) is 68.4 Å². The highest BCUT2D eigenvalue weighted by Gasteiger charge is 2.38. The summed E-state index contributed by atoms with van der Waals surface area (Å²) in [5, 5.41) is 8.86. The highest BCUT2D eigenvalue weighted by Crippen LogP contribution is 2.31.